The van der Waals surface area contributed by atoms with Gasteiger partial charge in [-0.25, -0.2) is 0 Å². The van der Waals surface area contributed by atoms with E-state index < -0.39 is 0 Å². The second kappa shape index (κ2) is 6.59. The zero-order valence-corrected chi connectivity index (χ0v) is 12.4. The van der Waals surface area contributed by atoms with Crippen LogP contribution in [0.25, 0.3) is 0 Å². The molecule has 1 aromatic carbocycles. The van der Waals surface area contributed by atoms with Crippen LogP contribution in [0.15, 0.2) is 48.7 Å². The van der Waals surface area contributed by atoms with Crippen LogP contribution in [-0.2, 0) is 6.54 Å². The third-order valence-corrected chi connectivity index (χ3v) is 3.92. The fraction of sp³-hybridized carbons (Fsp3) is 0.353. The first-order valence-corrected chi connectivity index (χ1v) is 7.36. The van der Waals surface area contributed by atoms with Gasteiger partial charge in [0.1, 0.15) is 5.75 Å². The Morgan fingerprint density at radius 2 is 1.76 bits per heavy atom. The summed E-state index contributed by atoms with van der Waals surface area (Å²) >= 11 is 0. The molecule has 1 aromatic heterocycles. The molecule has 4 heteroatoms. The molecule has 21 heavy (non-hydrogen) atoms. The van der Waals surface area contributed by atoms with E-state index in [2.05, 4.69) is 39.0 Å². The van der Waals surface area contributed by atoms with Gasteiger partial charge in [-0.05, 0) is 36.4 Å². The highest BCUT2D eigenvalue weighted by molar-refractivity contribution is 5.49. The van der Waals surface area contributed by atoms with Crippen molar-refractivity contribution in [1.82, 2.24) is 9.88 Å². The minimum atomic E-state index is 0.910. The lowest BCUT2D eigenvalue weighted by Gasteiger charge is -2.36. The second-order valence-electron chi connectivity index (χ2n) is 5.28. The van der Waals surface area contributed by atoms with E-state index in [0.717, 1.165) is 44.2 Å². The topological polar surface area (TPSA) is 28.6 Å². The number of piperazine rings is 1. The van der Waals surface area contributed by atoms with Crippen molar-refractivity contribution in [2.24, 2.45) is 0 Å². The van der Waals surface area contributed by atoms with Crippen LogP contribution < -0.4 is 9.64 Å². The Hall–Kier alpha value is -2.07. The highest BCUT2D eigenvalue weighted by Gasteiger charge is 2.17. The van der Waals surface area contributed by atoms with Crippen molar-refractivity contribution in [3.8, 4) is 5.75 Å². The number of benzene rings is 1. The quantitative estimate of drug-likeness (QED) is 0.861. The van der Waals surface area contributed by atoms with E-state index in [1.54, 1.807) is 7.11 Å². The molecule has 110 valence electrons. The molecule has 0 N–H and O–H groups in total. The van der Waals surface area contributed by atoms with Gasteiger partial charge >= 0.3 is 0 Å². The molecule has 1 fully saturated rings. The molecule has 4 nitrogen and oxygen atoms in total. The number of hydrogen-bond acceptors (Lipinski definition) is 4. The third-order valence-electron chi connectivity index (χ3n) is 3.92. The lowest BCUT2D eigenvalue weighted by Crippen LogP contribution is -2.46. The number of pyridine rings is 1. The summed E-state index contributed by atoms with van der Waals surface area (Å²) in [5, 5.41) is 0. The van der Waals surface area contributed by atoms with E-state index in [9.17, 15) is 0 Å². The van der Waals surface area contributed by atoms with Crippen molar-refractivity contribution < 1.29 is 4.74 Å². The van der Waals surface area contributed by atoms with Gasteiger partial charge in [-0.1, -0.05) is 6.07 Å². The van der Waals surface area contributed by atoms with Crippen LogP contribution in [0.5, 0.6) is 5.75 Å². The molecule has 2 aromatic rings. The summed E-state index contributed by atoms with van der Waals surface area (Å²) in [6, 6.07) is 14.4. The van der Waals surface area contributed by atoms with E-state index in [1.165, 1.54) is 5.69 Å². The van der Waals surface area contributed by atoms with Gasteiger partial charge in [0, 0.05) is 44.6 Å². The highest BCUT2D eigenvalue weighted by Crippen LogP contribution is 2.20. The zero-order valence-electron chi connectivity index (χ0n) is 12.4. The van der Waals surface area contributed by atoms with Gasteiger partial charge < -0.3 is 9.64 Å². The van der Waals surface area contributed by atoms with E-state index in [4.69, 9.17) is 4.74 Å². The number of ether oxygens (including phenoxy) is 1. The summed E-state index contributed by atoms with van der Waals surface area (Å²) in [6.45, 7) is 5.20. The van der Waals surface area contributed by atoms with Crippen molar-refractivity contribution >= 4 is 5.69 Å². The molecule has 0 atom stereocenters. The highest BCUT2D eigenvalue weighted by atomic mass is 16.5. The van der Waals surface area contributed by atoms with Crippen LogP contribution in [0, 0.1) is 0 Å². The maximum Gasteiger partial charge on any atom is 0.119 e. The first-order valence-electron chi connectivity index (χ1n) is 7.36. The fourth-order valence-corrected chi connectivity index (χ4v) is 2.68. The maximum absolute atomic E-state index is 5.21. The summed E-state index contributed by atoms with van der Waals surface area (Å²) in [6.07, 6.45) is 1.86. The van der Waals surface area contributed by atoms with Gasteiger partial charge in [0.2, 0.25) is 0 Å². The molecule has 0 radical (unpaired) electrons. The van der Waals surface area contributed by atoms with Gasteiger partial charge in [-0.3, -0.25) is 9.88 Å². The Morgan fingerprint density at radius 1 is 1.00 bits per heavy atom. The lowest BCUT2D eigenvalue weighted by atomic mass is 10.2. The summed E-state index contributed by atoms with van der Waals surface area (Å²) in [5.74, 6) is 0.910. The fourth-order valence-electron chi connectivity index (χ4n) is 2.68. The molecule has 0 unspecified atom stereocenters. The summed E-state index contributed by atoms with van der Waals surface area (Å²) in [7, 11) is 1.70. The average molecular weight is 283 g/mol. The first-order chi connectivity index (χ1) is 10.3. The van der Waals surface area contributed by atoms with Gasteiger partial charge in [0.05, 0.1) is 12.8 Å². The van der Waals surface area contributed by atoms with Crippen LogP contribution in [0.4, 0.5) is 5.69 Å². The Labute approximate surface area is 126 Å². The lowest BCUT2D eigenvalue weighted by molar-refractivity contribution is 0.247. The standard InChI is InChI=1S/C17H21N3O/c1-21-17-7-5-16(6-8-17)20-12-10-19(11-13-20)14-15-4-2-3-9-18-15/h2-9H,10-14H2,1H3. The number of nitrogens with zero attached hydrogens (tertiary/aromatic N) is 3. The van der Waals surface area contributed by atoms with Gasteiger partial charge in [0.25, 0.3) is 0 Å². The van der Waals surface area contributed by atoms with Crippen LogP contribution in [-0.4, -0.2) is 43.2 Å². The largest absolute Gasteiger partial charge is 0.497 e. The molecule has 0 saturated carbocycles. The van der Waals surface area contributed by atoms with Crippen molar-refractivity contribution in [1.29, 1.82) is 0 Å². The van der Waals surface area contributed by atoms with Crippen LogP contribution in [0.3, 0.4) is 0 Å². The van der Waals surface area contributed by atoms with Crippen molar-refractivity contribution in [3.05, 3.63) is 54.4 Å². The molecular formula is C17H21N3O. The minimum Gasteiger partial charge on any atom is -0.497 e. The maximum atomic E-state index is 5.21. The molecule has 0 aliphatic carbocycles. The SMILES string of the molecule is COc1ccc(N2CCN(Cc3ccccn3)CC2)cc1. The summed E-state index contributed by atoms with van der Waals surface area (Å²) in [5.41, 5.74) is 2.42. The number of methoxy groups -OCH3 is 1. The van der Waals surface area contributed by atoms with Crippen LogP contribution in [0.1, 0.15) is 5.69 Å². The molecule has 1 aliphatic heterocycles. The smallest absolute Gasteiger partial charge is 0.119 e. The predicted molar refractivity (Wildman–Crippen MR) is 84.7 cm³/mol. The molecule has 0 bridgehead atoms. The van der Waals surface area contributed by atoms with Crippen molar-refractivity contribution in [2.75, 3.05) is 38.2 Å². The Kier molecular flexibility index (Phi) is 4.36. The number of rotatable bonds is 4. The first kappa shape index (κ1) is 13.9. The Bertz CT molecular complexity index is 548. The number of hydrogen-bond donors (Lipinski definition) is 0. The molecule has 3 rings (SSSR count). The molecule has 0 spiro atoms. The van der Waals surface area contributed by atoms with E-state index >= 15 is 0 Å². The third kappa shape index (κ3) is 3.52. The molecule has 0 amide bonds. The Morgan fingerprint density at radius 3 is 2.38 bits per heavy atom. The molecular weight excluding hydrogens is 262 g/mol. The number of aromatic nitrogens is 1. The summed E-state index contributed by atoms with van der Waals surface area (Å²) < 4.78 is 5.21. The number of anilines is 1. The Balaban J connectivity index is 1.54. The van der Waals surface area contributed by atoms with Gasteiger partial charge in [0.15, 0.2) is 0 Å². The van der Waals surface area contributed by atoms with Crippen molar-refractivity contribution in [3.63, 3.8) is 0 Å². The van der Waals surface area contributed by atoms with Crippen LogP contribution >= 0.6 is 0 Å². The molecule has 1 aliphatic rings. The monoisotopic (exact) mass is 283 g/mol. The predicted octanol–water partition coefficient (Wildman–Crippen LogP) is 2.41. The zero-order chi connectivity index (χ0) is 14.5. The van der Waals surface area contributed by atoms with E-state index in [0.29, 0.717) is 0 Å². The van der Waals surface area contributed by atoms with E-state index in [-0.39, 0.29) is 0 Å². The minimum absolute atomic E-state index is 0.910. The average Bonchev–Trinajstić information content (AvgIpc) is 2.57. The van der Waals surface area contributed by atoms with Gasteiger partial charge in [-0.15, -0.1) is 0 Å². The molecule has 1 saturated heterocycles. The van der Waals surface area contributed by atoms with Crippen LogP contribution in [0.2, 0.25) is 0 Å². The normalized spacial score (nSPS) is 16.0. The van der Waals surface area contributed by atoms with Gasteiger partial charge in [-0.2, -0.15) is 0 Å². The summed E-state index contributed by atoms with van der Waals surface area (Å²) in [4.78, 5) is 9.29. The van der Waals surface area contributed by atoms with Crippen molar-refractivity contribution in [2.45, 2.75) is 6.54 Å². The second-order valence-corrected chi connectivity index (χ2v) is 5.28. The molecule has 2 heterocycles. The van der Waals surface area contributed by atoms with E-state index in [1.807, 2.05) is 24.4 Å².